The van der Waals surface area contributed by atoms with Gasteiger partial charge in [-0.3, -0.25) is 9.80 Å². The van der Waals surface area contributed by atoms with Crippen LogP contribution in [-0.4, -0.2) is 225 Å². The molecule has 0 bridgehead atoms. The van der Waals surface area contributed by atoms with Crippen LogP contribution in [0.25, 0.3) is 135 Å². The van der Waals surface area contributed by atoms with E-state index in [9.17, 15) is 5.11 Å². The van der Waals surface area contributed by atoms with E-state index >= 15 is 0 Å². The number of likely N-dealkylation sites (tertiary alicyclic amines) is 1. The third kappa shape index (κ3) is 23.7. The number of aliphatic hydroxyl groups is 1. The molecular weight excluding hydrogens is 1670 g/mol. The zero-order chi connectivity index (χ0) is 92.2. The first-order valence-corrected chi connectivity index (χ1v) is 45.8. The van der Waals surface area contributed by atoms with Crippen LogP contribution < -0.4 is 48.5 Å². The Kier molecular flexibility index (Phi) is 33.7. The number of aromatic nitrogens is 12. The summed E-state index contributed by atoms with van der Waals surface area (Å²) in [6.07, 6.45) is 10.8. The van der Waals surface area contributed by atoms with Gasteiger partial charge in [0.15, 0.2) is 46.0 Å². The van der Waals surface area contributed by atoms with Crippen LogP contribution in [-0.2, 0) is 26.2 Å². The van der Waals surface area contributed by atoms with E-state index in [0.717, 1.165) is 147 Å². The van der Waals surface area contributed by atoms with Crippen LogP contribution in [0.2, 0.25) is 0 Å². The van der Waals surface area contributed by atoms with E-state index in [1.54, 1.807) is 0 Å². The van der Waals surface area contributed by atoms with E-state index in [-0.39, 0.29) is 6.61 Å². The number of ether oxygens (including phenoxy) is 8. The van der Waals surface area contributed by atoms with Crippen molar-refractivity contribution in [2.75, 3.05) is 140 Å². The summed E-state index contributed by atoms with van der Waals surface area (Å²) in [6.45, 7) is 36.7. The Balaban J connectivity index is 0.000000142. The summed E-state index contributed by atoms with van der Waals surface area (Å²) >= 11 is 0. The van der Waals surface area contributed by atoms with Gasteiger partial charge >= 0.3 is 0 Å². The number of benzene rings is 8. The maximum absolute atomic E-state index is 9.22. The molecule has 1 aliphatic heterocycles. The van der Waals surface area contributed by atoms with Crippen molar-refractivity contribution < 1.29 is 61.1 Å². The van der Waals surface area contributed by atoms with E-state index < -0.39 is 0 Å². The number of aliphatic hydroxyl groups excluding tert-OH is 1. The lowest BCUT2D eigenvalue weighted by Gasteiger charge is -2.17. The predicted octanol–water partition coefficient (Wildman–Crippen LogP) is 18.8. The van der Waals surface area contributed by atoms with Gasteiger partial charge in [0, 0.05) is 172 Å². The first kappa shape index (κ1) is 94.7. The van der Waals surface area contributed by atoms with E-state index in [2.05, 4.69) is 156 Å². The van der Waals surface area contributed by atoms with Crippen LogP contribution in [0.3, 0.4) is 0 Å². The normalized spacial score (nSPS) is 12.1. The third-order valence-electron chi connectivity index (χ3n) is 22.4. The molecule has 694 valence electrons. The summed E-state index contributed by atoms with van der Waals surface area (Å²) in [5, 5.41) is 37.8. The molecule has 0 spiro atoms. The Morgan fingerprint density at radius 1 is 0.371 bits per heavy atom. The second kappa shape index (κ2) is 46.9. The fourth-order valence-electron chi connectivity index (χ4n) is 15.9. The summed E-state index contributed by atoms with van der Waals surface area (Å²) in [5.41, 5.74) is 15.9. The third-order valence-corrected chi connectivity index (χ3v) is 22.4. The lowest BCUT2D eigenvalue weighted by Crippen LogP contribution is -2.31. The molecule has 0 saturated carbocycles. The number of rotatable bonds is 42. The number of hydrogen-bond donors (Lipinski definition) is 7. The van der Waals surface area contributed by atoms with Crippen LogP contribution in [0.4, 0.5) is 0 Å². The maximum Gasteiger partial charge on any atom is 0.258 e. The van der Waals surface area contributed by atoms with Crippen molar-refractivity contribution in [2.24, 2.45) is 0 Å². The molecule has 132 heavy (non-hydrogen) atoms. The van der Waals surface area contributed by atoms with Crippen molar-refractivity contribution in [1.82, 2.24) is 90.7 Å². The van der Waals surface area contributed by atoms with Gasteiger partial charge < -0.3 is 101 Å². The molecule has 0 radical (unpaired) electrons. The lowest BCUT2D eigenvalue weighted by molar-refractivity contribution is 0.217. The number of likely N-dealkylation sites (N-methyl/N-ethyl adjacent to an activating group) is 3. The van der Waals surface area contributed by atoms with Crippen LogP contribution >= 0.6 is 0 Å². The van der Waals surface area contributed by atoms with Gasteiger partial charge in [0.2, 0.25) is 23.3 Å². The topological polar surface area (TPSA) is 350 Å². The standard InChI is InChI=1S/C27H35N5O3.C25H31N5O3.C25H28N4O3.C24H28N4O4/c1-5-32(6-2)14-13-28-17-21-18-29-23-11-9-19(15-22(21)23)26-30-27(35-31-26)20-10-12-24(33-7-3)25(16-20)34-8-4;1-5-31-21-11-10-17(14-22(21)32-6-2)25-28-24(29-33-25)19-8-7-9-20-23(19)18(16-27-20)15-26-12-13-30(3)4;1-3-30-22-10-8-18(14-23(22)31-4-2)25-27-24(28-32-25)17-7-9-21-20(13-17)19(15-26-21)16-29-11-5-6-12-29;1-4-30-20-10-9-16(13-21(20)31-5-2)24-26-23(27-32-24)18-7-6-8-19-22(18)17(14-25-19)15-28(3)11-12-29/h9-12,15-16,18,28-29H,5-8,13-14,17H2,1-4H3;7-11,14,16,26-27H,5-6,12-13,15H2,1-4H3;7-10,13-15,26H,3-6,11-12,16H2,1-2H3;6-10,13-14,25,29H,4-5,11-12,15H2,1-3H3. The first-order valence-electron chi connectivity index (χ1n) is 45.8. The van der Waals surface area contributed by atoms with Crippen LogP contribution in [0, 0.1) is 0 Å². The second-order valence-electron chi connectivity index (χ2n) is 31.7. The summed E-state index contributed by atoms with van der Waals surface area (Å²) in [5.74, 6) is 9.38. The van der Waals surface area contributed by atoms with Crippen LogP contribution in [0.5, 0.6) is 46.0 Å². The van der Waals surface area contributed by atoms with Crippen LogP contribution in [0.1, 0.15) is 104 Å². The highest BCUT2D eigenvalue weighted by atomic mass is 16.5. The van der Waals surface area contributed by atoms with Gasteiger partial charge in [-0.05, 0) is 259 Å². The Morgan fingerprint density at radius 2 is 0.727 bits per heavy atom. The molecule has 8 aromatic heterocycles. The minimum Gasteiger partial charge on any atom is -0.490 e. The second-order valence-corrected chi connectivity index (χ2v) is 31.7. The largest absolute Gasteiger partial charge is 0.490 e. The molecule has 0 atom stereocenters. The minimum atomic E-state index is 0.117. The zero-order valence-electron chi connectivity index (χ0n) is 77.8. The molecule has 31 nitrogen and oxygen atoms in total. The molecular formula is C101H122N18O13. The molecule has 0 unspecified atom stereocenters. The molecule has 1 aliphatic rings. The van der Waals surface area contributed by atoms with Gasteiger partial charge in [-0.1, -0.05) is 58.7 Å². The van der Waals surface area contributed by atoms with Crippen molar-refractivity contribution in [3.63, 3.8) is 0 Å². The quantitative estimate of drug-likeness (QED) is 0.0175. The summed E-state index contributed by atoms with van der Waals surface area (Å²) in [4.78, 5) is 41.3. The smallest absolute Gasteiger partial charge is 0.258 e. The number of nitrogens with one attached hydrogen (secondary N) is 6. The minimum absolute atomic E-state index is 0.117. The zero-order valence-corrected chi connectivity index (χ0v) is 77.8. The van der Waals surface area contributed by atoms with Crippen molar-refractivity contribution in [1.29, 1.82) is 0 Å². The van der Waals surface area contributed by atoms with Crippen LogP contribution in [0.15, 0.2) is 188 Å². The molecule has 8 aromatic carbocycles. The van der Waals surface area contributed by atoms with E-state index in [1.807, 2.05) is 190 Å². The molecule has 16 aromatic rings. The van der Waals surface area contributed by atoms with Crippen molar-refractivity contribution >= 4 is 43.6 Å². The highest BCUT2D eigenvalue weighted by molar-refractivity contribution is 5.98. The van der Waals surface area contributed by atoms with Crippen molar-refractivity contribution in [3.8, 4) is 137 Å². The van der Waals surface area contributed by atoms with Gasteiger partial charge in [-0.2, -0.15) is 19.9 Å². The summed E-state index contributed by atoms with van der Waals surface area (Å²) in [7, 11) is 6.12. The molecule has 17 rings (SSSR count). The highest BCUT2D eigenvalue weighted by Crippen LogP contribution is 2.41. The Bertz CT molecular complexity index is 6330. The molecule has 1 saturated heterocycles. The van der Waals surface area contributed by atoms with Gasteiger partial charge in [-0.15, -0.1) is 0 Å². The molecule has 7 N–H and O–H groups in total. The Hall–Kier alpha value is -13.4. The number of fused-ring (bicyclic) bond motifs is 4. The van der Waals surface area contributed by atoms with Crippen molar-refractivity contribution in [2.45, 2.75) is 108 Å². The van der Waals surface area contributed by atoms with E-state index in [4.69, 9.17) is 61.0 Å². The first-order chi connectivity index (χ1) is 64.6. The molecule has 9 heterocycles. The lowest BCUT2D eigenvalue weighted by atomic mass is 10.1. The number of hydrogen-bond acceptors (Lipinski definition) is 27. The predicted molar refractivity (Wildman–Crippen MR) is 515 cm³/mol. The van der Waals surface area contributed by atoms with Crippen molar-refractivity contribution in [3.05, 3.63) is 193 Å². The Morgan fingerprint density at radius 3 is 1.14 bits per heavy atom. The SMILES string of the molecule is CCOc1ccc(-c2nc(-c3ccc4[nH]cc(CN5CCCC5)c4c3)no2)cc1OCC.CCOc1ccc(-c2nc(-c3ccc4[nH]cc(CNCCN(CC)CC)c4c3)no2)cc1OCC.CCOc1ccc(-c2nc(-c3cccc4[nH]cc(CN(C)CCO)c34)no2)cc1OCC.CCOc1ccc(-c2nc(-c3cccc4[nH]cc(CNCCN(C)C)c34)no2)cc1OCC. The molecule has 0 aliphatic carbocycles. The average molecular weight is 1800 g/mol. The fourth-order valence-corrected chi connectivity index (χ4v) is 15.9. The van der Waals surface area contributed by atoms with Gasteiger partial charge in [-0.25, -0.2) is 0 Å². The average Bonchev–Trinajstić information content (AvgIpc) is 1.64. The Labute approximate surface area is 769 Å². The highest BCUT2D eigenvalue weighted by Gasteiger charge is 2.25. The van der Waals surface area contributed by atoms with Gasteiger partial charge in [0.25, 0.3) is 23.6 Å². The maximum atomic E-state index is 9.22. The summed E-state index contributed by atoms with van der Waals surface area (Å²) < 4.78 is 68.0. The number of nitrogens with zero attached hydrogens (tertiary/aromatic N) is 12. The molecule has 0 amide bonds. The fraction of sp³-hybridized carbons (Fsp3) is 0.366. The van der Waals surface area contributed by atoms with Gasteiger partial charge in [0.1, 0.15) is 0 Å². The number of aromatic amines is 4. The molecule has 1 fully saturated rings. The van der Waals surface area contributed by atoms with Gasteiger partial charge in [0.05, 0.1) is 59.5 Å². The monoisotopic (exact) mass is 1790 g/mol. The number of H-pyrrole nitrogens is 4. The van der Waals surface area contributed by atoms with E-state index in [1.165, 1.54) is 48.0 Å². The summed E-state index contributed by atoms with van der Waals surface area (Å²) in [6, 6.07) is 47.1. The molecule has 31 heteroatoms. The van der Waals surface area contributed by atoms with E-state index in [0.29, 0.717) is 159 Å².